The number of hydrogen-bond acceptors (Lipinski definition) is 1. The van der Waals surface area contributed by atoms with Gasteiger partial charge in [-0.1, -0.05) is 173 Å². The highest BCUT2D eigenvalue weighted by molar-refractivity contribution is 6.90. The van der Waals surface area contributed by atoms with E-state index < -0.39 is 0 Å². The second-order valence-corrected chi connectivity index (χ2v) is 27.3. The van der Waals surface area contributed by atoms with Crippen molar-refractivity contribution in [3.63, 3.8) is 0 Å². The molecule has 13 aromatic rings. The van der Waals surface area contributed by atoms with Crippen LogP contribution in [0, 0.1) is 41.5 Å². The maximum absolute atomic E-state index is 5.33. The molecule has 1 atom stereocenters. The molecule has 3 aliphatic heterocycles. The number of azo groups is 2. The van der Waals surface area contributed by atoms with Crippen molar-refractivity contribution in [1.82, 2.24) is 9.05 Å². The van der Waals surface area contributed by atoms with Gasteiger partial charge in [-0.3, -0.25) is 0 Å². The number of aromatic nitrogens is 2. The molecule has 4 nitrogen and oxygen atoms in total. The molecule has 0 fully saturated rings. The first kappa shape index (κ1) is 52.3. The topological polar surface area (TPSA) is 25.2 Å². The monoisotopic (exact) mass is 1110 g/mol. The molecule has 0 N–H and O–H groups in total. The third kappa shape index (κ3) is 7.69. The van der Waals surface area contributed by atoms with Crippen LogP contribution in [0.4, 0.5) is 11.4 Å². The van der Waals surface area contributed by atoms with Crippen molar-refractivity contribution in [3.8, 4) is 61.3 Å². The Hall–Kier alpha value is -9.32. The molecule has 0 spiro atoms. The number of nitrogens with zero attached hydrogens (tertiary/aromatic N) is 4. The van der Waals surface area contributed by atoms with Crippen LogP contribution in [0.1, 0.15) is 103 Å². The van der Waals surface area contributed by atoms with Gasteiger partial charge in [0.25, 0.3) is 0 Å². The van der Waals surface area contributed by atoms with E-state index in [0.29, 0.717) is 0 Å². The molecule has 11 aromatic carbocycles. The summed E-state index contributed by atoms with van der Waals surface area (Å²) in [5.74, 6) is 0. The van der Waals surface area contributed by atoms with Crippen molar-refractivity contribution < 1.29 is 4.70 Å². The van der Waals surface area contributed by atoms with Crippen LogP contribution < -0.4 is 10.9 Å². The van der Waals surface area contributed by atoms with Crippen LogP contribution in [-0.2, 0) is 10.8 Å². The predicted molar refractivity (Wildman–Crippen MR) is 364 cm³/mol. The van der Waals surface area contributed by atoms with Crippen molar-refractivity contribution in [2.45, 2.75) is 100.0 Å². The zero-order valence-electron chi connectivity index (χ0n) is 51.5. The molecule has 0 bridgehead atoms. The summed E-state index contributed by atoms with van der Waals surface area (Å²) in [6.07, 6.45) is 0. The Morgan fingerprint density at radius 3 is 1.67 bits per heavy atom. The SMILES string of the molecule is Cc1cc(C)c(-c2ccc3c(c2)c2cc(-c4c(C)cc(C)cc4C)cc4c2n3-c2cc(-c3ccc([N+]5=Nc6ccccc6C5c5ccccc5)cc3)c(-c3ccccc3)c3c2B4n2c4ccc(C(C)(C)C)cc4c4cc(C(C)(C)C)cc-3c42)c(C)c1. The third-order valence-electron chi connectivity index (χ3n) is 19.4. The van der Waals surface area contributed by atoms with Gasteiger partial charge in [-0.25, -0.2) is 0 Å². The maximum atomic E-state index is 5.33. The van der Waals surface area contributed by atoms with Crippen LogP contribution in [0.3, 0.4) is 0 Å². The molecular weight excluding hydrogens is 1040 g/mol. The predicted octanol–water partition coefficient (Wildman–Crippen LogP) is 20.5. The molecule has 5 heterocycles. The lowest BCUT2D eigenvalue weighted by Gasteiger charge is -2.37. The van der Waals surface area contributed by atoms with Crippen LogP contribution >= 0.6 is 0 Å². The lowest BCUT2D eigenvalue weighted by atomic mass is 9.44. The Bertz CT molecular complexity index is 5070. The molecule has 416 valence electrons. The zero-order valence-corrected chi connectivity index (χ0v) is 51.5. The molecule has 16 rings (SSSR count). The fourth-order valence-electron chi connectivity index (χ4n) is 15.8. The first-order valence-electron chi connectivity index (χ1n) is 30.8. The van der Waals surface area contributed by atoms with Gasteiger partial charge >= 0.3 is 6.85 Å². The zero-order chi connectivity index (χ0) is 59.0. The molecule has 2 aromatic heterocycles. The summed E-state index contributed by atoms with van der Waals surface area (Å²) in [4.78, 5) is 0. The molecule has 3 aliphatic rings. The van der Waals surface area contributed by atoms with Crippen LogP contribution in [0.2, 0.25) is 0 Å². The normalized spacial score (nSPS) is 14.2. The Labute approximate surface area is 505 Å². The summed E-state index contributed by atoms with van der Waals surface area (Å²) < 4.78 is 7.69. The van der Waals surface area contributed by atoms with Gasteiger partial charge in [0, 0.05) is 66.6 Å². The lowest BCUT2D eigenvalue weighted by molar-refractivity contribution is -0.536. The maximum Gasteiger partial charge on any atom is 0.333 e. The molecule has 86 heavy (non-hydrogen) atoms. The molecular formula is C81H70BN4+. The summed E-state index contributed by atoms with van der Waals surface area (Å²) in [7, 11) is 0. The van der Waals surface area contributed by atoms with Gasteiger partial charge in [0.2, 0.25) is 11.7 Å². The van der Waals surface area contributed by atoms with Crippen LogP contribution in [0.25, 0.3) is 105 Å². The van der Waals surface area contributed by atoms with E-state index in [9.17, 15) is 0 Å². The molecule has 0 aliphatic carbocycles. The van der Waals surface area contributed by atoms with Gasteiger partial charge in [-0.15, -0.1) is 0 Å². The van der Waals surface area contributed by atoms with Gasteiger partial charge in [0.1, 0.15) is 5.69 Å². The van der Waals surface area contributed by atoms with Crippen molar-refractivity contribution in [3.05, 3.63) is 256 Å². The fourth-order valence-corrected chi connectivity index (χ4v) is 15.8. The van der Waals surface area contributed by atoms with E-state index in [1.54, 1.807) is 0 Å². The van der Waals surface area contributed by atoms with Gasteiger partial charge in [0.05, 0.1) is 16.6 Å². The molecule has 0 saturated carbocycles. The first-order chi connectivity index (χ1) is 41.4. The number of aryl methyl sites for hydroxylation is 6. The van der Waals surface area contributed by atoms with Gasteiger partial charge in [0.15, 0.2) is 0 Å². The largest absolute Gasteiger partial charge is 0.375 e. The number of rotatable bonds is 6. The highest BCUT2D eigenvalue weighted by Crippen LogP contribution is 2.52. The van der Waals surface area contributed by atoms with E-state index in [1.165, 1.54) is 166 Å². The van der Waals surface area contributed by atoms with Gasteiger partial charge in [-0.05, 0) is 220 Å². The average molecular weight is 1110 g/mol. The smallest absolute Gasteiger partial charge is 0.333 e. The molecule has 0 radical (unpaired) electrons. The summed E-state index contributed by atoms with van der Waals surface area (Å²) in [6.45, 7) is 27.7. The molecule has 5 heteroatoms. The molecule has 1 unspecified atom stereocenters. The summed E-state index contributed by atoms with van der Waals surface area (Å²) >= 11 is 0. The van der Waals surface area contributed by atoms with Crippen molar-refractivity contribution >= 4 is 72.8 Å². The van der Waals surface area contributed by atoms with Crippen molar-refractivity contribution in [1.29, 1.82) is 0 Å². The Morgan fingerprint density at radius 1 is 0.430 bits per heavy atom. The number of hydrogen-bond donors (Lipinski definition) is 0. The van der Waals surface area contributed by atoms with E-state index in [2.05, 4.69) is 297 Å². The lowest BCUT2D eigenvalue weighted by Crippen LogP contribution is -2.55. The van der Waals surface area contributed by atoms with Gasteiger partial charge < -0.3 is 9.05 Å². The summed E-state index contributed by atoms with van der Waals surface area (Å²) in [6, 6.07) is 77.1. The quantitative estimate of drug-likeness (QED) is 0.117. The summed E-state index contributed by atoms with van der Waals surface area (Å²) in [5.41, 5.74) is 36.3. The van der Waals surface area contributed by atoms with Crippen LogP contribution in [0.5, 0.6) is 0 Å². The second-order valence-electron chi connectivity index (χ2n) is 27.3. The van der Waals surface area contributed by atoms with Crippen LogP contribution in [0.15, 0.2) is 205 Å². The van der Waals surface area contributed by atoms with Crippen molar-refractivity contribution in [2.24, 2.45) is 5.11 Å². The van der Waals surface area contributed by atoms with E-state index in [0.717, 1.165) is 16.9 Å². The number of benzene rings is 11. The highest BCUT2D eigenvalue weighted by Gasteiger charge is 2.45. The van der Waals surface area contributed by atoms with Gasteiger partial charge in [-0.2, -0.15) is 0 Å². The first-order valence-corrected chi connectivity index (χ1v) is 30.8. The molecule has 0 amide bonds. The minimum absolute atomic E-state index is 0.0461. The standard InChI is InChI=1S/C81H70BN4/c1-46-35-48(3)72(49(4)36-46)55-29-33-69-62(39-55)64-40-56(73-50(5)37-47(2)38-51(73)6)41-67-79(64)84(69)71-45-61(52-27-31-59(32-28-52)86-77(54-23-17-14-18-24-54)60-25-19-20-26-68(60)83-86)74(53-21-15-13-16-22-53)75-66-44-58(81(10,11)12)43-65-63-42-57(80(7,8)9)30-34-70(63)85(78(65)66)82(67)76(71)75/h13-45,77H,1-12H3/q+1. The van der Waals surface area contributed by atoms with E-state index in [1.807, 2.05) is 0 Å². The molecule has 0 saturated heterocycles. The minimum atomic E-state index is -0.174. The van der Waals surface area contributed by atoms with E-state index in [-0.39, 0.29) is 23.7 Å². The summed E-state index contributed by atoms with van der Waals surface area (Å²) in [5, 5.41) is 10.5. The Kier molecular flexibility index (Phi) is 11.3. The van der Waals surface area contributed by atoms with Crippen molar-refractivity contribution in [2.75, 3.05) is 0 Å². The van der Waals surface area contributed by atoms with E-state index >= 15 is 0 Å². The van der Waals surface area contributed by atoms with Crippen LogP contribution in [-0.4, -0.2) is 20.6 Å². The Morgan fingerprint density at radius 2 is 1.00 bits per heavy atom. The minimum Gasteiger partial charge on any atom is -0.375 e. The Balaban J connectivity index is 1.07. The second kappa shape index (κ2) is 18.6. The van der Waals surface area contributed by atoms with E-state index in [4.69, 9.17) is 5.11 Å². The average Bonchev–Trinajstić information content (AvgIpc) is 1.39. The number of fused-ring (bicyclic) bond motifs is 11. The highest BCUT2D eigenvalue weighted by atomic mass is 15.3. The fraction of sp³-hybridized carbons (Fsp3) is 0.185. The third-order valence-corrected chi connectivity index (χ3v) is 19.4.